The highest BCUT2D eigenvalue weighted by Gasteiger charge is 2.56. The van der Waals surface area contributed by atoms with Crippen molar-refractivity contribution >= 4 is 17.6 Å². The van der Waals surface area contributed by atoms with Crippen molar-refractivity contribution in [2.24, 2.45) is 5.92 Å². The topological polar surface area (TPSA) is 68.4 Å². The van der Waals surface area contributed by atoms with Crippen LogP contribution in [-0.4, -0.2) is 71.8 Å². The minimum atomic E-state index is -0.416. The minimum absolute atomic E-state index is 0.105. The van der Waals surface area contributed by atoms with E-state index in [0.29, 0.717) is 12.5 Å². The highest BCUT2D eigenvalue weighted by Crippen LogP contribution is 2.35. The Morgan fingerprint density at radius 2 is 1.54 bits per heavy atom. The van der Waals surface area contributed by atoms with Gasteiger partial charge in [0.1, 0.15) is 30.0 Å². The molecule has 0 bridgehead atoms. The summed E-state index contributed by atoms with van der Waals surface area (Å²) in [5, 5.41) is 3.61. The number of imide groups is 1. The quantitative estimate of drug-likeness (QED) is 0.495. The molecule has 3 aliphatic heterocycles. The van der Waals surface area contributed by atoms with Gasteiger partial charge in [-0.25, -0.2) is 4.79 Å². The lowest BCUT2D eigenvalue weighted by Crippen LogP contribution is -2.66. The Morgan fingerprint density at radius 3 is 2.26 bits per heavy atom. The summed E-state index contributed by atoms with van der Waals surface area (Å²) in [6.07, 6.45) is 1.02. The van der Waals surface area contributed by atoms with Crippen LogP contribution >= 0.6 is 0 Å². The Bertz CT molecular complexity index is 1300. The molecule has 0 radical (unpaired) electrons. The average Bonchev–Trinajstić information content (AvgIpc) is 3.34. The van der Waals surface area contributed by atoms with Crippen LogP contribution in [0.1, 0.15) is 18.9 Å². The third kappa shape index (κ3) is 4.97. The van der Waals surface area contributed by atoms with Gasteiger partial charge in [-0.3, -0.25) is 19.9 Å². The van der Waals surface area contributed by atoms with Crippen molar-refractivity contribution in [1.82, 2.24) is 20.0 Å². The molecule has 3 aromatic rings. The van der Waals surface area contributed by atoms with Gasteiger partial charge < -0.3 is 14.5 Å². The number of nitrogens with zero attached hydrogens (tertiary/aromatic N) is 4. The van der Waals surface area contributed by atoms with Crippen LogP contribution in [0.25, 0.3) is 0 Å². The van der Waals surface area contributed by atoms with Gasteiger partial charge in [0.25, 0.3) is 5.91 Å². The predicted octanol–water partition coefficient (Wildman–Crippen LogP) is 4.35. The second-order valence-electron chi connectivity index (χ2n) is 10.8. The Hall–Kier alpha value is -3.88. The lowest BCUT2D eigenvalue weighted by atomic mass is 10.0. The van der Waals surface area contributed by atoms with Gasteiger partial charge in [-0.15, -0.1) is 0 Å². The summed E-state index contributed by atoms with van der Waals surface area (Å²) in [6, 6.07) is 27.3. The highest BCUT2D eigenvalue weighted by atomic mass is 16.5. The van der Waals surface area contributed by atoms with E-state index in [2.05, 4.69) is 46.3 Å². The van der Waals surface area contributed by atoms with E-state index >= 15 is 0 Å². The molecule has 3 fully saturated rings. The van der Waals surface area contributed by atoms with E-state index in [4.69, 9.17) is 4.74 Å². The Labute approximate surface area is 229 Å². The second kappa shape index (κ2) is 10.7. The van der Waals surface area contributed by atoms with Crippen molar-refractivity contribution in [3.05, 3.63) is 90.5 Å². The van der Waals surface area contributed by atoms with Crippen molar-refractivity contribution in [2.45, 2.75) is 38.3 Å². The zero-order valence-electron chi connectivity index (χ0n) is 22.4. The van der Waals surface area contributed by atoms with Crippen LogP contribution in [0.3, 0.4) is 0 Å². The van der Waals surface area contributed by atoms with E-state index in [1.54, 1.807) is 11.9 Å². The van der Waals surface area contributed by atoms with Crippen molar-refractivity contribution in [1.29, 1.82) is 0 Å². The first-order valence-corrected chi connectivity index (χ1v) is 13.7. The maximum Gasteiger partial charge on any atom is 0.327 e. The zero-order chi connectivity index (χ0) is 26.9. The Balaban J connectivity index is 1.18. The molecule has 0 saturated carbocycles. The number of nitrogens with one attached hydrogen (secondary N) is 1. The van der Waals surface area contributed by atoms with Gasteiger partial charge in [0, 0.05) is 32.4 Å². The first kappa shape index (κ1) is 25.4. The van der Waals surface area contributed by atoms with Crippen molar-refractivity contribution in [3.63, 3.8) is 0 Å². The Morgan fingerprint density at radius 1 is 0.872 bits per heavy atom. The van der Waals surface area contributed by atoms with Crippen LogP contribution in [0.15, 0.2) is 84.9 Å². The molecule has 4 atom stereocenters. The molecule has 3 aliphatic rings. The molecule has 0 aromatic heterocycles. The number of carbonyl (C=O) groups excluding carboxylic acids is 2. The summed E-state index contributed by atoms with van der Waals surface area (Å²) in [7, 11) is 1.80. The lowest BCUT2D eigenvalue weighted by molar-refractivity contribution is -0.138. The van der Waals surface area contributed by atoms with Gasteiger partial charge in [-0.1, -0.05) is 55.5 Å². The maximum absolute atomic E-state index is 13.8. The molecular weight excluding hydrogens is 490 g/mol. The number of ether oxygens (including phenoxy) is 1. The Kier molecular flexibility index (Phi) is 6.97. The summed E-state index contributed by atoms with van der Waals surface area (Å²) in [5.41, 5.74) is 2.26. The fourth-order valence-electron chi connectivity index (χ4n) is 6.04. The standard InChI is InChI=1S/C31H35N5O3/c1-22-20-35(24-15-17-26(18-16-24)39-25-13-7-4-8-14-25)30-32-28-27(36(30)21-22)29(37)34(31(38)33(28)2)19-9-12-23-10-5-3-6-11-23/h3-8,10-11,13-18,22,27-28,30,32H,9,12,19-21H2,1-2H3. The lowest BCUT2D eigenvalue weighted by Gasteiger charge is -2.46. The van der Waals surface area contributed by atoms with E-state index in [1.165, 1.54) is 10.5 Å². The van der Waals surface area contributed by atoms with E-state index in [1.807, 2.05) is 60.7 Å². The molecule has 0 aliphatic carbocycles. The number of urea groups is 1. The molecule has 39 heavy (non-hydrogen) atoms. The van der Waals surface area contributed by atoms with Crippen molar-refractivity contribution < 1.29 is 14.3 Å². The first-order chi connectivity index (χ1) is 19.0. The first-order valence-electron chi connectivity index (χ1n) is 13.7. The van der Waals surface area contributed by atoms with Gasteiger partial charge in [0.2, 0.25) is 0 Å². The molecule has 1 N–H and O–H groups in total. The van der Waals surface area contributed by atoms with Crippen molar-refractivity contribution in [2.75, 3.05) is 31.6 Å². The van der Waals surface area contributed by atoms with Crippen molar-refractivity contribution in [3.8, 4) is 11.5 Å². The van der Waals surface area contributed by atoms with Gasteiger partial charge >= 0.3 is 6.03 Å². The highest BCUT2D eigenvalue weighted by molar-refractivity contribution is 6.00. The number of hydrogen-bond donors (Lipinski definition) is 1. The van der Waals surface area contributed by atoms with Gasteiger partial charge in [0.15, 0.2) is 0 Å². The van der Waals surface area contributed by atoms with Crippen LogP contribution < -0.4 is 15.0 Å². The minimum Gasteiger partial charge on any atom is -0.457 e. The number of para-hydroxylation sites is 1. The van der Waals surface area contributed by atoms with Gasteiger partial charge in [-0.2, -0.15) is 0 Å². The summed E-state index contributed by atoms with van der Waals surface area (Å²) >= 11 is 0. The normalized spacial score (nSPS) is 25.0. The smallest absolute Gasteiger partial charge is 0.327 e. The second-order valence-corrected chi connectivity index (χ2v) is 10.8. The summed E-state index contributed by atoms with van der Waals surface area (Å²) in [4.78, 5) is 34.8. The number of carbonyl (C=O) groups is 2. The zero-order valence-corrected chi connectivity index (χ0v) is 22.4. The van der Waals surface area contributed by atoms with Gasteiger partial charge in [-0.05, 0) is 60.7 Å². The largest absolute Gasteiger partial charge is 0.457 e. The van der Waals surface area contributed by atoms with Crippen LogP contribution in [-0.2, 0) is 11.2 Å². The van der Waals surface area contributed by atoms with Crippen LogP contribution in [0.4, 0.5) is 10.5 Å². The maximum atomic E-state index is 13.8. The molecule has 0 spiro atoms. The van der Waals surface area contributed by atoms with E-state index in [0.717, 1.165) is 43.1 Å². The summed E-state index contributed by atoms with van der Waals surface area (Å²) < 4.78 is 5.98. The van der Waals surface area contributed by atoms with Crippen LogP contribution in [0.5, 0.6) is 11.5 Å². The molecule has 8 nitrogen and oxygen atoms in total. The fraction of sp³-hybridized carbons (Fsp3) is 0.355. The van der Waals surface area contributed by atoms with E-state index < -0.39 is 6.04 Å². The van der Waals surface area contributed by atoms with Crippen LogP contribution in [0.2, 0.25) is 0 Å². The number of aryl methyl sites for hydroxylation is 1. The molecule has 3 heterocycles. The summed E-state index contributed by atoms with van der Waals surface area (Å²) in [5.74, 6) is 1.81. The number of benzene rings is 3. The third-order valence-electron chi connectivity index (χ3n) is 7.92. The van der Waals surface area contributed by atoms with Crippen LogP contribution in [0, 0.1) is 5.92 Å². The van der Waals surface area contributed by atoms with E-state index in [9.17, 15) is 9.59 Å². The number of amides is 3. The number of likely N-dealkylation sites (N-methyl/N-ethyl adjacent to an activating group) is 1. The van der Waals surface area contributed by atoms with E-state index in [-0.39, 0.29) is 24.4 Å². The molecule has 3 aromatic carbocycles. The number of anilines is 1. The molecule has 6 rings (SSSR count). The molecule has 3 amide bonds. The number of hydrogen-bond acceptors (Lipinski definition) is 6. The predicted molar refractivity (Wildman–Crippen MR) is 150 cm³/mol. The molecule has 8 heteroatoms. The molecule has 3 saturated heterocycles. The summed E-state index contributed by atoms with van der Waals surface area (Å²) in [6.45, 7) is 4.26. The molecule has 202 valence electrons. The number of fused-ring (bicyclic) bond motifs is 3. The fourth-order valence-corrected chi connectivity index (χ4v) is 6.04. The van der Waals surface area contributed by atoms with Gasteiger partial charge in [0.05, 0.1) is 0 Å². The third-order valence-corrected chi connectivity index (χ3v) is 7.92. The monoisotopic (exact) mass is 525 g/mol. The molecule has 4 unspecified atom stereocenters. The molecular formula is C31H35N5O3. The average molecular weight is 526 g/mol. The number of rotatable bonds is 7. The SMILES string of the molecule is CC1CN(c2ccc(Oc3ccccc3)cc2)C2NC3C(C(=O)N(CCCc4ccccc4)C(=O)N3C)N2C1.